The molecule has 0 aliphatic heterocycles. The summed E-state index contributed by atoms with van der Waals surface area (Å²) in [7, 11) is 1.36. The molecule has 1 heterocycles. The molecular weight excluding hydrogens is 230 g/mol. The number of aromatic amines is 2. The number of hydrogen-bond donors (Lipinski definition) is 4. The minimum absolute atomic E-state index is 0.0504. The Balaban J connectivity index is 2.46. The van der Waals surface area contributed by atoms with Gasteiger partial charge in [-0.05, 0) is 0 Å². The predicted octanol–water partition coefficient (Wildman–Crippen LogP) is -1.08. The van der Waals surface area contributed by atoms with Crippen LogP contribution in [0, 0.1) is 0 Å². The van der Waals surface area contributed by atoms with Crippen LogP contribution in [0.5, 0.6) is 0 Å². The van der Waals surface area contributed by atoms with Crippen LogP contribution in [0.15, 0.2) is 11.0 Å². The van der Waals surface area contributed by atoms with E-state index in [1.807, 2.05) is 0 Å². The van der Waals surface area contributed by atoms with Gasteiger partial charge in [0, 0.05) is 19.9 Å². The summed E-state index contributed by atoms with van der Waals surface area (Å²) in [6, 6.07) is 0. The number of carboxylic acid groups (broad SMARTS) is 1. The fraction of sp³-hybridized carbons (Fsp3) is 0.444. The monoisotopic (exact) mass is 243 g/mol. The maximum atomic E-state index is 11.5. The molecule has 8 nitrogen and oxygen atoms in total. The maximum Gasteiger partial charge on any atom is 0.323 e. The van der Waals surface area contributed by atoms with Crippen LogP contribution >= 0.6 is 0 Å². The molecule has 0 spiro atoms. The van der Waals surface area contributed by atoms with Crippen LogP contribution in [0.1, 0.15) is 16.9 Å². The summed E-state index contributed by atoms with van der Waals surface area (Å²) in [4.78, 5) is 37.2. The largest absolute Gasteiger partial charge is 0.481 e. The van der Waals surface area contributed by atoms with Crippen LogP contribution in [0.3, 0.4) is 0 Å². The number of carbonyl (C=O) groups excluding carboxylic acids is 1. The summed E-state index contributed by atoms with van der Waals surface area (Å²) in [5.41, 5.74) is -0.399. The third kappa shape index (κ3) is 4.11. The van der Waals surface area contributed by atoms with Gasteiger partial charge in [-0.15, -0.1) is 0 Å². The zero-order valence-electron chi connectivity index (χ0n) is 9.15. The van der Waals surface area contributed by atoms with Gasteiger partial charge in [0.25, 0.3) is 5.91 Å². The summed E-state index contributed by atoms with van der Waals surface area (Å²) < 4.78 is 4.88. The van der Waals surface area contributed by atoms with Crippen molar-refractivity contribution in [2.24, 2.45) is 0 Å². The van der Waals surface area contributed by atoms with Gasteiger partial charge in [0.2, 0.25) is 0 Å². The van der Waals surface area contributed by atoms with Crippen molar-refractivity contribution in [2.75, 3.05) is 13.7 Å². The lowest BCUT2D eigenvalue weighted by Crippen LogP contribution is -2.34. The second kappa shape index (κ2) is 5.85. The highest BCUT2D eigenvalue weighted by molar-refractivity contribution is 5.91. The number of nitrogens with one attached hydrogen (secondary N) is 3. The molecule has 1 aromatic heterocycles. The topological polar surface area (TPSA) is 124 Å². The first-order valence-corrected chi connectivity index (χ1v) is 4.83. The lowest BCUT2D eigenvalue weighted by molar-refractivity contribution is -0.139. The Morgan fingerprint density at radius 3 is 2.76 bits per heavy atom. The molecule has 1 aromatic rings. The standard InChI is InChI=1S/C9H13N3O5/c1-17-5(2-7(13)14)3-10-8(15)6-4-11-9(16)12-6/h4-5H,2-3H2,1H3,(H,10,15)(H,13,14)(H2,11,12,16). The number of H-pyrrole nitrogens is 2. The Labute approximate surface area is 96.0 Å². The fourth-order valence-electron chi connectivity index (χ4n) is 1.19. The first-order chi connectivity index (χ1) is 8.02. The van der Waals surface area contributed by atoms with E-state index in [1.165, 1.54) is 13.3 Å². The molecule has 0 aromatic carbocycles. The highest BCUT2D eigenvalue weighted by Crippen LogP contribution is 1.96. The van der Waals surface area contributed by atoms with Crippen molar-refractivity contribution in [3.63, 3.8) is 0 Å². The molecule has 0 aliphatic rings. The van der Waals surface area contributed by atoms with Crippen LogP contribution in [0.2, 0.25) is 0 Å². The van der Waals surface area contributed by atoms with Gasteiger partial charge in [0.05, 0.1) is 12.5 Å². The van der Waals surface area contributed by atoms with Crippen molar-refractivity contribution >= 4 is 11.9 Å². The molecule has 4 N–H and O–H groups in total. The average molecular weight is 243 g/mol. The molecule has 8 heteroatoms. The molecular formula is C9H13N3O5. The second-order valence-electron chi connectivity index (χ2n) is 3.32. The van der Waals surface area contributed by atoms with E-state index >= 15 is 0 Å². The smallest absolute Gasteiger partial charge is 0.323 e. The van der Waals surface area contributed by atoms with Gasteiger partial charge in [0.15, 0.2) is 0 Å². The second-order valence-corrected chi connectivity index (χ2v) is 3.32. The normalized spacial score (nSPS) is 12.1. The van der Waals surface area contributed by atoms with Crippen LogP contribution in [0.4, 0.5) is 0 Å². The van der Waals surface area contributed by atoms with Gasteiger partial charge < -0.3 is 25.1 Å². The van der Waals surface area contributed by atoms with Gasteiger partial charge in [0.1, 0.15) is 5.69 Å². The average Bonchev–Trinajstić information content (AvgIpc) is 2.70. The SMILES string of the molecule is COC(CNC(=O)c1c[nH]c(=O)[nH]1)CC(=O)O. The van der Waals surface area contributed by atoms with Gasteiger partial charge in [-0.25, -0.2) is 4.79 Å². The van der Waals surface area contributed by atoms with E-state index in [4.69, 9.17) is 9.84 Å². The van der Waals surface area contributed by atoms with Crippen LogP contribution in [0.25, 0.3) is 0 Å². The number of aliphatic carboxylic acids is 1. The van der Waals surface area contributed by atoms with E-state index in [9.17, 15) is 14.4 Å². The first kappa shape index (κ1) is 13.0. The maximum absolute atomic E-state index is 11.5. The molecule has 1 rings (SSSR count). The summed E-state index contributed by atoms with van der Waals surface area (Å²) in [6.45, 7) is 0.0504. The van der Waals surface area contributed by atoms with Crippen molar-refractivity contribution in [1.82, 2.24) is 15.3 Å². The Morgan fingerprint density at radius 2 is 2.29 bits per heavy atom. The van der Waals surface area contributed by atoms with E-state index in [-0.39, 0.29) is 18.7 Å². The molecule has 1 unspecified atom stereocenters. The molecule has 0 aliphatic carbocycles. The van der Waals surface area contributed by atoms with E-state index < -0.39 is 23.7 Å². The molecule has 0 fully saturated rings. The number of hydrogen-bond acceptors (Lipinski definition) is 4. The quantitative estimate of drug-likeness (QED) is 0.506. The molecule has 94 valence electrons. The zero-order chi connectivity index (χ0) is 12.8. The third-order valence-corrected chi connectivity index (χ3v) is 2.07. The Bertz CT molecular complexity index is 449. The Morgan fingerprint density at radius 1 is 1.59 bits per heavy atom. The van der Waals surface area contributed by atoms with Gasteiger partial charge in [-0.2, -0.15) is 0 Å². The number of imidazole rings is 1. The summed E-state index contributed by atoms with van der Waals surface area (Å²) in [5.74, 6) is -1.52. The fourth-order valence-corrected chi connectivity index (χ4v) is 1.19. The van der Waals surface area contributed by atoms with E-state index in [2.05, 4.69) is 15.3 Å². The van der Waals surface area contributed by atoms with Gasteiger partial charge in [-0.3, -0.25) is 9.59 Å². The lowest BCUT2D eigenvalue weighted by atomic mass is 10.2. The Hall–Kier alpha value is -2.09. The molecule has 1 amide bonds. The van der Waals surface area contributed by atoms with E-state index in [1.54, 1.807) is 0 Å². The van der Waals surface area contributed by atoms with E-state index in [0.29, 0.717) is 0 Å². The zero-order valence-corrected chi connectivity index (χ0v) is 9.15. The van der Waals surface area contributed by atoms with Crippen molar-refractivity contribution in [2.45, 2.75) is 12.5 Å². The molecule has 1 atom stereocenters. The minimum atomic E-state index is -1.01. The molecule has 17 heavy (non-hydrogen) atoms. The summed E-state index contributed by atoms with van der Waals surface area (Å²) in [6.07, 6.45) is 0.416. The third-order valence-electron chi connectivity index (χ3n) is 2.07. The van der Waals surface area contributed by atoms with Gasteiger partial charge >= 0.3 is 11.7 Å². The molecule has 0 saturated heterocycles. The Kier molecular flexibility index (Phi) is 4.46. The van der Waals surface area contributed by atoms with Crippen molar-refractivity contribution in [3.05, 3.63) is 22.4 Å². The van der Waals surface area contributed by atoms with Crippen LogP contribution < -0.4 is 11.0 Å². The van der Waals surface area contributed by atoms with Crippen molar-refractivity contribution < 1.29 is 19.4 Å². The highest BCUT2D eigenvalue weighted by atomic mass is 16.5. The molecule has 0 saturated carbocycles. The number of methoxy groups -OCH3 is 1. The lowest BCUT2D eigenvalue weighted by Gasteiger charge is -2.13. The number of carbonyl (C=O) groups is 2. The van der Waals surface area contributed by atoms with Crippen LogP contribution in [-0.4, -0.2) is 46.7 Å². The number of amides is 1. The summed E-state index contributed by atoms with van der Waals surface area (Å²) >= 11 is 0. The molecule has 0 bridgehead atoms. The van der Waals surface area contributed by atoms with Crippen molar-refractivity contribution in [3.8, 4) is 0 Å². The first-order valence-electron chi connectivity index (χ1n) is 4.83. The van der Waals surface area contributed by atoms with Crippen molar-refractivity contribution in [1.29, 1.82) is 0 Å². The number of ether oxygens (including phenoxy) is 1. The number of rotatable bonds is 6. The number of aromatic nitrogens is 2. The van der Waals surface area contributed by atoms with Gasteiger partial charge in [-0.1, -0.05) is 0 Å². The minimum Gasteiger partial charge on any atom is -0.481 e. The summed E-state index contributed by atoms with van der Waals surface area (Å²) in [5, 5.41) is 11.0. The van der Waals surface area contributed by atoms with Crippen LogP contribution in [-0.2, 0) is 9.53 Å². The van der Waals surface area contributed by atoms with E-state index in [0.717, 1.165) is 0 Å². The predicted molar refractivity (Wildman–Crippen MR) is 56.8 cm³/mol. The number of carboxylic acids is 1. The molecule has 0 radical (unpaired) electrons. The highest BCUT2D eigenvalue weighted by Gasteiger charge is 2.14.